The summed E-state index contributed by atoms with van der Waals surface area (Å²) in [5.74, 6) is -0.112. The Bertz CT molecular complexity index is 881. The van der Waals surface area contributed by atoms with Crippen LogP contribution in [-0.4, -0.2) is 28.9 Å². The number of fused-ring (bicyclic) bond motifs is 1. The van der Waals surface area contributed by atoms with E-state index < -0.39 is 12.0 Å². The predicted molar refractivity (Wildman–Crippen MR) is 104 cm³/mol. The number of ether oxygens (including phenoxy) is 1. The Morgan fingerprint density at radius 2 is 2.15 bits per heavy atom. The number of nitrogens with two attached hydrogens (primary N) is 1. The van der Waals surface area contributed by atoms with Gasteiger partial charge in [-0.2, -0.15) is 5.26 Å². The van der Waals surface area contributed by atoms with Crippen molar-refractivity contribution in [3.05, 3.63) is 51.8 Å². The summed E-state index contributed by atoms with van der Waals surface area (Å²) in [6, 6.07) is 9.55. The number of nitrogens with zero attached hydrogens (tertiary/aromatic N) is 3. The first kappa shape index (κ1) is 18.4. The molecule has 134 valence electrons. The van der Waals surface area contributed by atoms with E-state index >= 15 is 0 Å². The Labute approximate surface area is 160 Å². The third-order valence-electron chi connectivity index (χ3n) is 4.10. The number of nitriles is 1. The quantitative estimate of drug-likeness (QED) is 0.626. The van der Waals surface area contributed by atoms with Crippen molar-refractivity contribution < 1.29 is 9.53 Å². The van der Waals surface area contributed by atoms with E-state index in [4.69, 9.17) is 10.5 Å². The van der Waals surface area contributed by atoms with Crippen LogP contribution in [0, 0.1) is 11.3 Å². The van der Waals surface area contributed by atoms with Crippen molar-refractivity contribution in [3.8, 4) is 6.07 Å². The Morgan fingerprint density at radius 1 is 1.46 bits per heavy atom. The van der Waals surface area contributed by atoms with Gasteiger partial charge in [0.25, 0.3) is 0 Å². The van der Waals surface area contributed by atoms with Gasteiger partial charge in [-0.15, -0.1) is 11.8 Å². The lowest BCUT2D eigenvalue weighted by Gasteiger charge is -2.34. The van der Waals surface area contributed by atoms with Gasteiger partial charge < -0.3 is 10.5 Å². The predicted octanol–water partition coefficient (Wildman–Crippen LogP) is 3.36. The van der Waals surface area contributed by atoms with Crippen LogP contribution in [0.3, 0.4) is 0 Å². The molecule has 26 heavy (non-hydrogen) atoms. The van der Waals surface area contributed by atoms with Crippen molar-refractivity contribution >= 4 is 34.7 Å². The van der Waals surface area contributed by atoms with E-state index in [-0.39, 0.29) is 6.61 Å². The molecule has 0 saturated heterocycles. The Kier molecular flexibility index (Phi) is 5.30. The fourth-order valence-electron chi connectivity index (χ4n) is 2.91. The molecule has 0 amide bonds. The highest BCUT2D eigenvalue weighted by Crippen LogP contribution is 2.45. The molecule has 0 aromatic heterocycles. The van der Waals surface area contributed by atoms with Gasteiger partial charge >= 0.3 is 5.97 Å². The summed E-state index contributed by atoms with van der Waals surface area (Å²) in [6.07, 6.45) is 2.01. The zero-order chi connectivity index (χ0) is 18.8. The number of aliphatic imine (C=N–C) groups is 1. The van der Waals surface area contributed by atoms with Crippen molar-refractivity contribution in [2.24, 2.45) is 10.7 Å². The molecular weight excluding hydrogens is 368 g/mol. The van der Waals surface area contributed by atoms with Gasteiger partial charge in [-0.05, 0) is 49.6 Å². The lowest BCUT2D eigenvalue weighted by molar-refractivity contribution is -0.139. The summed E-state index contributed by atoms with van der Waals surface area (Å²) in [7, 11) is 0. The third-order valence-corrected chi connectivity index (χ3v) is 5.82. The molecule has 0 saturated carbocycles. The molecule has 1 atom stereocenters. The van der Waals surface area contributed by atoms with E-state index in [0.717, 1.165) is 10.5 Å². The van der Waals surface area contributed by atoms with E-state index in [0.29, 0.717) is 27.2 Å². The average molecular weight is 387 g/mol. The molecule has 0 bridgehead atoms. The molecular formula is C18H18N4O2S2. The van der Waals surface area contributed by atoms with Crippen LogP contribution in [0.5, 0.6) is 0 Å². The number of carbonyl (C=O) groups is 1. The normalized spacial score (nSPS) is 19.2. The molecule has 0 spiro atoms. The molecule has 8 heteroatoms. The zero-order valence-corrected chi connectivity index (χ0v) is 16.3. The summed E-state index contributed by atoms with van der Waals surface area (Å²) in [6.45, 7) is 3.82. The summed E-state index contributed by atoms with van der Waals surface area (Å²) in [5, 5.41) is 9.94. The summed E-state index contributed by atoms with van der Waals surface area (Å²) in [4.78, 5) is 20.4. The molecule has 2 heterocycles. The highest BCUT2D eigenvalue weighted by atomic mass is 32.2. The van der Waals surface area contributed by atoms with E-state index in [1.165, 1.54) is 11.8 Å². The monoisotopic (exact) mass is 386 g/mol. The summed E-state index contributed by atoms with van der Waals surface area (Å²) >= 11 is 2.86. The average Bonchev–Trinajstić information content (AvgIpc) is 2.96. The van der Waals surface area contributed by atoms with Crippen molar-refractivity contribution in [1.82, 2.24) is 4.90 Å². The minimum absolute atomic E-state index is 0.272. The lowest BCUT2D eigenvalue weighted by Crippen LogP contribution is -2.38. The smallest absolute Gasteiger partial charge is 0.338 e. The first-order valence-corrected chi connectivity index (χ1v) is 10.0. The van der Waals surface area contributed by atoms with E-state index in [2.05, 4.69) is 11.1 Å². The second kappa shape index (κ2) is 7.48. The number of thioether (sulfide) groups is 2. The third kappa shape index (κ3) is 3.08. The van der Waals surface area contributed by atoms with E-state index in [1.54, 1.807) is 30.5 Å². The van der Waals surface area contributed by atoms with Crippen LogP contribution in [0.15, 0.2) is 56.1 Å². The maximum absolute atomic E-state index is 12.7. The van der Waals surface area contributed by atoms with Gasteiger partial charge in [-0.25, -0.2) is 9.79 Å². The van der Waals surface area contributed by atoms with Crippen molar-refractivity contribution in [2.45, 2.75) is 24.8 Å². The molecule has 2 aliphatic heterocycles. The zero-order valence-electron chi connectivity index (χ0n) is 14.6. The second-order valence-electron chi connectivity index (χ2n) is 5.59. The SMILES string of the molecule is CCOC(=O)C1=C(C)N=C2SC(C#N)=C(N)N2[C@@H]1c1ccc(SC)cc1. The van der Waals surface area contributed by atoms with Crippen molar-refractivity contribution in [1.29, 1.82) is 5.26 Å². The van der Waals surface area contributed by atoms with Crippen LogP contribution in [-0.2, 0) is 9.53 Å². The topological polar surface area (TPSA) is 91.7 Å². The van der Waals surface area contributed by atoms with Crippen LogP contribution in [0.25, 0.3) is 0 Å². The van der Waals surface area contributed by atoms with Crippen molar-refractivity contribution in [2.75, 3.05) is 12.9 Å². The summed E-state index contributed by atoms with van der Waals surface area (Å²) < 4.78 is 5.26. The number of rotatable bonds is 4. The Balaban J connectivity index is 2.15. The highest BCUT2D eigenvalue weighted by Gasteiger charge is 2.42. The largest absolute Gasteiger partial charge is 0.463 e. The van der Waals surface area contributed by atoms with E-state index in [9.17, 15) is 10.1 Å². The standard InChI is InChI=1S/C18H18N4O2S2/c1-4-24-17(23)14-10(2)21-18-22(16(20)13(9-19)26-18)15(14)11-5-7-12(25-3)8-6-11/h5-8,15H,4,20H2,1-3H3/t15-/m1/s1. The number of allylic oxidation sites excluding steroid dienone is 2. The number of carbonyl (C=O) groups excluding carboxylic acids is 1. The molecule has 0 fully saturated rings. The summed E-state index contributed by atoms with van der Waals surface area (Å²) in [5.41, 5.74) is 8.12. The number of hydrogen-bond donors (Lipinski definition) is 1. The maximum Gasteiger partial charge on any atom is 0.338 e. The fraction of sp³-hybridized carbons (Fsp3) is 0.278. The molecule has 6 nitrogen and oxygen atoms in total. The van der Waals surface area contributed by atoms with Crippen LogP contribution in [0.1, 0.15) is 25.5 Å². The molecule has 0 unspecified atom stereocenters. The number of amidine groups is 1. The first-order chi connectivity index (χ1) is 12.5. The maximum atomic E-state index is 12.7. The molecule has 2 aliphatic rings. The van der Waals surface area contributed by atoms with Gasteiger partial charge in [0.15, 0.2) is 5.17 Å². The number of esters is 1. The van der Waals surface area contributed by atoms with Gasteiger partial charge in [0.1, 0.15) is 16.8 Å². The molecule has 3 rings (SSSR count). The Hall–Kier alpha value is -2.37. The lowest BCUT2D eigenvalue weighted by atomic mass is 9.94. The second-order valence-corrected chi connectivity index (χ2v) is 7.45. The van der Waals surface area contributed by atoms with E-state index in [1.807, 2.05) is 30.5 Å². The molecule has 0 aliphatic carbocycles. The molecule has 1 aromatic rings. The number of benzene rings is 1. The highest BCUT2D eigenvalue weighted by molar-refractivity contribution is 8.17. The van der Waals surface area contributed by atoms with Crippen LogP contribution >= 0.6 is 23.5 Å². The van der Waals surface area contributed by atoms with Gasteiger partial charge in [-0.3, -0.25) is 4.90 Å². The van der Waals surface area contributed by atoms with Gasteiger partial charge in [0.2, 0.25) is 0 Å². The molecule has 2 N–H and O–H groups in total. The minimum atomic E-state index is -0.476. The minimum Gasteiger partial charge on any atom is -0.463 e. The fourth-order valence-corrected chi connectivity index (χ4v) is 4.24. The van der Waals surface area contributed by atoms with Crippen LogP contribution in [0.4, 0.5) is 0 Å². The molecule has 1 aromatic carbocycles. The van der Waals surface area contributed by atoms with Crippen LogP contribution in [0.2, 0.25) is 0 Å². The van der Waals surface area contributed by atoms with Crippen molar-refractivity contribution in [3.63, 3.8) is 0 Å². The first-order valence-electron chi connectivity index (χ1n) is 7.99. The van der Waals surface area contributed by atoms with Gasteiger partial charge in [0.05, 0.1) is 23.9 Å². The molecule has 0 radical (unpaired) electrons. The number of hydrogen-bond acceptors (Lipinski definition) is 8. The Morgan fingerprint density at radius 3 is 2.73 bits per heavy atom. The van der Waals surface area contributed by atoms with Gasteiger partial charge in [0, 0.05) is 4.90 Å². The van der Waals surface area contributed by atoms with Crippen LogP contribution < -0.4 is 5.73 Å². The van der Waals surface area contributed by atoms with Gasteiger partial charge in [-0.1, -0.05) is 12.1 Å².